The first-order valence-corrected chi connectivity index (χ1v) is 7.65. The molecule has 0 aromatic heterocycles. The lowest BCUT2D eigenvalue weighted by atomic mass is 10.1. The number of rotatable bonds is 4. The van der Waals surface area contributed by atoms with Crippen molar-refractivity contribution in [3.05, 3.63) is 23.8 Å². The number of anilines is 1. The number of phenols is 1. The second-order valence-electron chi connectivity index (χ2n) is 5.11. The van der Waals surface area contributed by atoms with Gasteiger partial charge in [-0.25, -0.2) is 0 Å². The number of para-hydroxylation sites is 1. The van der Waals surface area contributed by atoms with Crippen molar-refractivity contribution < 1.29 is 19.5 Å². The first kappa shape index (κ1) is 15.6. The lowest BCUT2D eigenvalue weighted by Gasteiger charge is -2.19. The molecule has 0 spiro atoms. The highest BCUT2D eigenvalue weighted by Gasteiger charge is 2.32. The number of carbonyl (C=O) groups excluding carboxylic acids is 3. The predicted octanol–water partition coefficient (Wildman–Crippen LogP) is 2.23. The number of ketones is 1. The lowest BCUT2D eigenvalue weighted by Crippen LogP contribution is -2.25. The molecule has 21 heavy (non-hydrogen) atoms. The molecular weight excluding hydrogens is 290 g/mol. The van der Waals surface area contributed by atoms with Gasteiger partial charge in [0.2, 0.25) is 5.91 Å². The molecule has 1 heterocycles. The predicted molar refractivity (Wildman–Crippen MR) is 81.7 cm³/mol. The van der Waals surface area contributed by atoms with Gasteiger partial charge in [-0.3, -0.25) is 14.4 Å². The molecule has 0 radical (unpaired) electrons. The van der Waals surface area contributed by atoms with Crippen molar-refractivity contribution in [3.63, 3.8) is 0 Å². The highest BCUT2D eigenvalue weighted by molar-refractivity contribution is 8.13. The van der Waals surface area contributed by atoms with Gasteiger partial charge in [0.1, 0.15) is 5.75 Å². The van der Waals surface area contributed by atoms with Crippen LogP contribution in [0, 0.1) is 5.92 Å². The molecular formula is C15H17NO4S. The van der Waals surface area contributed by atoms with E-state index in [4.69, 9.17) is 0 Å². The second kappa shape index (κ2) is 6.30. The molecule has 5 nitrogen and oxygen atoms in total. The number of phenolic OH excluding ortho intramolecular Hbond substituents is 1. The molecule has 6 heteroatoms. The maximum Gasteiger partial charge on any atom is 0.227 e. The van der Waals surface area contributed by atoms with Crippen LogP contribution in [0.1, 0.15) is 30.6 Å². The van der Waals surface area contributed by atoms with E-state index >= 15 is 0 Å². The third-order valence-electron chi connectivity index (χ3n) is 3.41. The Kier molecular flexibility index (Phi) is 4.67. The van der Waals surface area contributed by atoms with E-state index in [1.165, 1.54) is 36.6 Å². The van der Waals surface area contributed by atoms with Crippen LogP contribution in [0.4, 0.5) is 5.69 Å². The van der Waals surface area contributed by atoms with Crippen molar-refractivity contribution in [1.82, 2.24) is 0 Å². The van der Waals surface area contributed by atoms with Crippen LogP contribution < -0.4 is 4.90 Å². The van der Waals surface area contributed by atoms with Gasteiger partial charge in [-0.15, -0.1) is 0 Å². The largest absolute Gasteiger partial charge is 0.505 e. The molecule has 1 unspecified atom stereocenters. The van der Waals surface area contributed by atoms with Gasteiger partial charge in [-0.05, 0) is 25.0 Å². The Hall–Kier alpha value is -1.82. The van der Waals surface area contributed by atoms with E-state index in [9.17, 15) is 19.5 Å². The summed E-state index contributed by atoms with van der Waals surface area (Å²) in [5, 5.41) is 10.2. The molecule has 1 amide bonds. The normalized spacial score (nSPS) is 18.1. The van der Waals surface area contributed by atoms with Crippen LogP contribution in [-0.2, 0) is 9.59 Å². The first-order chi connectivity index (χ1) is 9.90. The maximum absolute atomic E-state index is 12.1. The number of aromatic hydroxyl groups is 1. The monoisotopic (exact) mass is 307 g/mol. The standard InChI is InChI=1S/C15H17NO4S/c1-9(17)12-4-3-5-13(15(12)20)16-7-11(6-14(16)19)8-21-10(2)18/h3-5,11,20H,6-8H2,1-2H3. The van der Waals surface area contributed by atoms with E-state index < -0.39 is 0 Å². The van der Waals surface area contributed by atoms with Crippen molar-refractivity contribution in [2.75, 3.05) is 17.2 Å². The number of nitrogens with zero attached hydrogens (tertiary/aromatic N) is 1. The Labute approximate surface area is 127 Å². The van der Waals surface area contributed by atoms with Crippen LogP contribution >= 0.6 is 11.8 Å². The smallest absolute Gasteiger partial charge is 0.227 e. The van der Waals surface area contributed by atoms with Gasteiger partial charge in [0.25, 0.3) is 0 Å². The molecule has 0 aliphatic carbocycles. The summed E-state index contributed by atoms with van der Waals surface area (Å²) in [6.45, 7) is 3.33. The number of benzene rings is 1. The third-order valence-corrected chi connectivity index (χ3v) is 4.46. The van der Waals surface area contributed by atoms with Crippen molar-refractivity contribution in [2.45, 2.75) is 20.3 Å². The topological polar surface area (TPSA) is 74.7 Å². The van der Waals surface area contributed by atoms with Gasteiger partial charge >= 0.3 is 0 Å². The second-order valence-corrected chi connectivity index (χ2v) is 6.30. The minimum absolute atomic E-state index is 0.0299. The Morgan fingerprint density at radius 3 is 2.71 bits per heavy atom. The van der Waals surface area contributed by atoms with Crippen LogP contribution in [0.2, 0.25) is 0 Å². The lowest BCUT2D eigenvalue weighted by molar-refractivity contribution is -0.117. The molecule has 1 aliphatic heterocycles. The molecule has 2 rings (SSSR count). The summed E-state index contributed by atoms with van der Waals surface area (Å²) in [7, 11) is 0. The van der Waals surface area contributed by atoms with Crippen LogP contribution in [0.3, 0.4) is 0 Å². The van der Waals surface area contributed by atoms with E-state index in [1.807, 2.05) is 0 Å². The number of carbonyl (C=O) groups is 3. The Bertz CT molecular complexity index is 599. The molecule has 1 aromatic carbocycles. The summed E-state index contributed by atoms with van der Waals surface area (Å²) < 4.78 is 0. The highest BCUT2D eigenvalue weighted by atomic mass is 32.2. The van der Waals surface area contributed by atoms with Gasteiger partial charge in [0, 0.05) is 25.6 Å². The van der Waals surface area contributed by atoms with Crippen molar-refractivity contribution >= 4 is 34.3 Å². The van der Waals surface area contributed by atoms with Crippen molar-refractivity contribution in [2.24, 2.45) is 5.92 Å². The average Bonchev–Trinajstić information content (AvgIpc) is 2.77. The van der Waals surface area contributed by atoms with Gasteiger partial charge in [-0.2, -0.15) is 0 Å². The molecule has 1 aliphatic rings. The van der Waals surface area contributed by atoms with Gasteiger partial charge in [-0.1, -0.05) is 17.8 Å². The maximum atomic E-state index is 12.1. The highest BCUT2D eigenvalue weighted by Crippen LogP contribution is 2.35. The zero-order chi connectivity index (χ0) is 15.6. The number of Topliss-reactive ketones (excluding diaryl/α,β-unsaturated/α-hetero) is 1. The summed E-state index contributed by atoms with van der Waals surface area (Å²) in [4.78, 5) is 36.0. The van der Waals surface area contributed by atoms with Crippen molar-refractivity contribution in [1.29, 1.82) is 0 Å². The van der Waals surface area contributed by atoms with Crippen LogP contribution in [0.15, 0.2) is 18.2 Å². The molecule has 1 aromatic rings. The first-order valence-electron chi connectivity index (χ1n) is 6.66. The minimum Gasteiger partial charge on any atom is -0.505 e. The zero-order valence-electron chi connectivity index (χ0n) is 12.0. The quantitative estimate of drug-likeness (QED) is 0.863. The molecule has 1 atom stereocenters. The fraction of sp³-hybridized carbons (Fsp3) is 0.400. The van der Waals surface area contributed by atoms with Gasteiger partial charge < -0.3 is 10.0 Å². The summed E-state index contributed by atoms with van der Waals surface area (Å²) in [5.74, 6) is 0.167. The number of hydrogen-bond donors (Lipinski definition) is 1. The molecule has 1 saturated heterocycles. The van der Waals surface area contributed by atoms with Crippen LogP contribution in [0.5, 0.6) is 5.75 Å². The average molecular weight is 307 g/mol. The molecule has 0 saturated carbocycles. The van der Waals surface area contributed by atoms with Gasteiger partial charge in [0.15, 0.2) is 10.9 Å². The van der Waals surface area contributed by atoms with E-state index in [-0.39, 0.29) is 34.0 Å². The summed E-state index contributed by atoms with van der Waals surface area (Å²) >= 11 is 1.21. The number of hydrogen-bond acceptors (Lipinski definition) is 5. The van der Waals surface area contributed by atoms with E-state index in [1.54, 1.807) is 12.1 Å². The van der Waals surface area contributed by atoms with Gasteiger partial charge in [0.05, 0.1) is 11.3 Å². The van der Waals surface area contributed by atoms with E-state index in [2.05, 4.69) is 0 Å². The fourth-order valence-electron chi connectivity index (χ4n) is 2.39. The number of amides is 1. The SMILES string of the molecule is CC(=O)SCC1CC(=O)N(c2cccc(C(C)=O)c2O)C1. The molecule has 1 fully saturated rings. The van der Waals surface area contributed by atoms with E-state index in [0.717, 1.165) is 0 Å². The molecule has 1 N–H and O–H groups in total. The number of thioether (sulfide) groups is 1. The van der Waals surface area contributed by atoms with E-state index in [0.29, 0.717) is 24.4 Å². The van der Waals surface area contributed by atoms with Crippen LogP contribution in [0.25, 0.3) is 0 Å². The third kappa shape index (κ3) is 3.44. The fourth-order valence-corrected chi connectivity index (χ4v) is 3.09. The summed E-state index contributed by atoms with van der Waals surface area (Å²) in [6, 6.07) is 4.81. The van der Waals surface area contributed by atoms with Crippen LogP contribution in [-0.4, -0.2) is 34.2 Å². The molecule has 0 bridgehead atoms. The minimum atomic E-state index is -0.246. The molecule has 112 valence electrons. The zero-order valence-corrected chi connectivity index (χ0v) is 12.8. The Morgan fingerprint density at radius 1 is 1.38 bits per heavy atom. The van der Waals surface area contributed by atoms with Crippen molar-refractivity contribution in [3.8, 4) is 5.75 Å². The Morgan fingerprint density at radius 2 is 2.10 bits per heavy atom. The summed E-state index contributed by atoms with van der Waals surface area (Å²) in [6.07, 6.45) is 0.351. The summed E-state index contributed by atoms with van der Waals surface area (Å²) in [5.41, 5.74) is 0.574. The Balaban J connectivity index is 2.19.